The maximum atomic E-state index is 13.6. The first-order chi connectivity index (χ1) is 18.7. The van der Waals surface area contributed by atoms with Gasteiger partial charge in [0.15, 0.2) is 17.3 Å². The highest BCUT2D eigenvalue weighted by Crippen LogP contribution is 2.45. The second-order valence-corrected chi connectivity index (χ2v) is 8.20. The number of rotatable bonds is 10. The third-order valence-corrected chi connectivity index (χ3v) is 5.87. The molecular weight excluding hydrogens is 517 g/mol. The monoisotopic (exact) mass is 542 g/mol. The molecule has 0 saturated carbocycles. The highest BCUT2D eigenvalue weighted by Gasteiger charge is 2.37. The number of ether oxygens (including phenoxy) is 4. The number of ketones is 1. The van der Waals surface area contributed by atoms with Crippen molar-refractivity contribution in [2.45, 2.75) is 12.7 Å². The normalized spacial score (nSPS) is 11.6. The second-order valence-electron chi connectivity index (χ2n) is 8.20. The van der Waals surface area contributed by atoms with Gasteiger partial charge in [-0.3, -0.25) is 4.79 Å². The van der Waals surface area contributed by atoms with Crippen molar-refractivity contribution in [3.63, 3.8) is 0 Å². The van der Waals surface area contributed by atoms with Crippen LogP contribution < -0.4 is 18.9 Å². The zero-order valence-electron chi connectivity index (χ0n) is 21.3. The minimum absolute atomic E-state index is 0.00145. The van der Waals surface area contributed by atoms with Gasteiger partial charge >= 0.3 is 6.18 Å². The molecule has 0 aliphatic heterocycles. The smallest absolute Gasteiger partial charge is 0.449 e. The van der Waals surface area contributed by atoms with Crippen molar-refractivity contribution in [3.8, 4) is 28.7 Å². The number of para-hydroxylation sites is 3. The number of phenols is 1. The van der Waals surface area contributed by atoms with Gasteiger partial charge in [0.25, 0.3) is 0 Å². The summed E-state index contributed by atoms with van der Waals surface area (Å²) in [5.74, 6) is -1.27. The maximum Gasteiger partial charge on any atom is 0.449 e. The molecule has 0 unspecified atom stereocenters. The third-order valence-electron chi connectivity index (χ3n) is 5.87. The van der Waals surface area contributed by atoms with Crippen LogP contribution in [0.5, 0.6) is 28.7 Å². The van der Waals surface area contributed by atoms with E-state index in [1.54, 1.807) is 42.5 Å². The fourth-order valence-corrected chi connectivity index (χ4v) is 4.15. The van der Waals surface area contributed by atoms with Crippen LogP contribution in [0.4, 0.5) is 13.2 Å². The van der Waals surface area contributed by atoms with E-state index < -0.39 is 17.8 Å². The summed E-state index contributed by atoms with van der Waals surface area (Å²) < 4.78 is 63.4. The van der Waals surface area contributed by atoms with Crippen LogP contribution in [-0.2, 0) is 12.7 Å². The third kappa shape index (κ3) is 5.62. The largest absolute Gasteiger partial charge is 0.507 e. The van der Waals surface area contributed by atoms with Crippen LogP contribution in [-0.4, -0.2) is 48.4 Å². The molecule has 1 N–H and O–H groups in total. The Kier molecular flexibility index (Phi) is 7.99. The molecule has 8 nitrogen and oxygen atoms in total. The van der Waals surface area contributed by atoms with Crippen LogP contribution in [0.2, 0.25) is 0 Å². The lowest BCUT2D eigenvalue weighted by Crippen LogP contribution is -2.18. The number of aromatic nitrogens is 2. The Hall–Kier alpha value is -4.67. The molecule has 0 amide bonds. The Morgan fingerprint density at radius 1 is 0.974 bits per heavy atom. The number of hydrogen-bond donors (Lipinski definition) is 1. The van der Waals surface area contributed by atoms with Gasteiger partial charge in [-0.2, -0.15) is 13.2 Å². The highest BCUT2D eigenvalue weighted by molar-refractivity contribution is 6.11. The number of halogens is 3. The molecule has 0 saturated heterocycles. The molecule has 0 aliphatic carbocycles. The highest BCUT2D eigenvalue weighted by atomic mass is 19.4. The number of fused-ring (bicyclic) bond motifs is 1. The molecule has 204 valence electrons. The zero-order chi connectivity index (χ0) is 28.2. The first-order valence-electron chi connectivity index (χ1n) is 11.7. The fourth-order valence-electron chi connectivity index (χ4n) is 4.15. The van der Waals surface area contributed by atoms with Gasteiger partial charge in [-0.25, -0.2) is 4.98 Å². The first kappa shape index (κ1) is 27.4. The Morgan fingerprint density at radius 2 is 1.67 bits per heavy atom. The molecule has 0 atom stereocenters. The van der Waals surface area contributed by atoms with Crippen molar-refractivity contribution in [1.82, 2.24) is 9.55 Å². The maximum absolute atomic E-state index is 13.6. The molecule has 1 heterocycles. The average molecular weight is 543 g/mol. The van der Waals surface area contributed by atoms with Gasteiger partial charge in [-0.05, 0) is 30.4 Å². The number of carbonyl (C=O) groups excluding carboxylic acids is 1. The van der Waals surface area contributed by atoms with Crippen LogP contribution in [0.1, 0.15) is 21.7 Å². The standard InChI is InChI=1S/C28H25F3N2O6/c1-36-23-16-21(35)24(26(38-3)25(23)37-2)20(34)13-12-17-8-4-7-11-22(17)39-15-14-33-19-10-6-5-9-18(19)32-27(33)28(29,30)31/h4-13,16,35H,14-15H2,1-3H3/b13-12+. The quantitative estimate of drug-likeness (QED) is 0.201. The molecule has 3 aromatic carbocycles. The number of alkyl halides is 3. The minimum Gasteiger partial charge on any atom is -0.507 e. The Bertz CT molecular complexity index is 1530. The Labute approximate surface area is 221 Å². The van der Waals surface area contributed by atoms with E-state index in [1.165, 1.54) is 45.6 Å². The number of carbonyl (C=O) groups is 1. The number of aromatic hydroxyl groups is 1. The van der Waals surface area contributed by atoms with E-state index in [9.17, 15) is 23.1 Å². The van der Waals surface area contributed by atoms with E-state index in [4.69, 9.17) is 18.9 Å². The van der Waals surface area contributed by atoms with E-state index in [0.717, 1.165) is 4.57 Å². The van der Waals surface area contributed by atoms with Crippen LogP contribution in [0.3, 0.4) is 0 Å². The van der Waals surface area contributed by atoms with Gasteiger partial charge in [0.2, 0.25) is 11.6 Å². The number of imidazole rings is 1. The number of phenolic OH excluding ortho intramolecular Hbond substituents is 1. The fraction of sp³-hybridized carbons (Fsp3) is 0.214. The van der Waals surface area contributed by atoms with Crippen molar-refractivity contribution in [3.05, 3.63) is 77.6 Å². The number of allylic oxidation sites excluding steroid dienone is 1. The van der Waals surface area contributed by atoms with Gasteiger partial charge in [0.1, 0.15) is 23.7 Å². The topological polar surface area (TPSA) is 92.0 Å². The van der Waals surface area contributed by atoms with E-state index in [0.29, 0.717) is 16.8 Å². The van der Waals surface area contributed by atoms with Crippen molar-refractivity contribution >= 4 is 22.9 Å². The summed E-state index contributed by atoms with van der Waals surface area (Å²) >= 11 is 0. The molecule has 4 rings (SSSR count). The second kappa shape index (κ2) is 11.4. The summed E-state index contributed by atoms with van der Waals surface area (Å²) in [6, 6.07) is 14.3. The van der Waals surface area contributed by atoms with Gasteiger partial charge in [0.05, 0.1) is 38.9 Å². The van der Waals surface area contributed by atoms with Gasteiger partial charge in [0, 0.05) is 11.6 Å². The van der Waals surface area contributed by atoms with Crippen molar-refractivity contribution in [2.75, 3.05) is 27.9 Å². The van der Waals surface area contributed by atoms with Crippen LogP contribution in [0, 0.1) is 0 Å². The summed E-state index contributed by atoms with van der Waals surface area (Å²) in [4.78, 5) is 16.8. The predicted octanol–water partition coefficient (Wildman–Crippen LogP) is 5.76. The number of benzene rings is 3. The molecule has 0 aliphatic rings. The molecule has 4 aromatic rings. The molecule has 0 radical (unpaired) electrons. The van der Waals surface area contributed by atoms with Gasteiger partial charge < -0.3 is 28.6 Å². The SMILES string of the molecule is COc1cc(O)c(C(=O)/C=C/c2ccccc2OCCn2c(C(F)(F)F)nc3ccccc32)c(OC)c1OC. The molecule has 0 spiro atoms. The van der Waals surface area contributed by atoms with E-state index in [2.05, 4.69) is 4.98 Å². The molecule has 39 heavy (non-hydrogen) atoms. The average Bonchev–Trinajstić information content (AvgIpc) is 3.31. The molecule has 11 heteroatoms. The molecule has 0 bridgehead atoms. The summed E-state index contributed by atoms with van der Waals surface area (Å²) in [6.07, 6.45) is -1.94. The summed E-state index contributed by atoms with van der Waals surface area (Å²) in [5, 5.41) is 10.5. The lowest BCUT2D eigenvalue weighted by molar-refractivity contribution is -0.147. The Morgan fingerprint density at radius 3 is 2.36 bits per heavy atom. The van der Waals surface area contributed by atoms with E-state index >= 15 is 0 Å². The van der Waals surface area contributed by atoms with E-state index in [1.807, 2.05) is 0 Å². The molecular formula is C28H25F3N2O6. The number of hydrogen-bond acceptors (Lipinski definition) is 7. The van der Waals surface area contributed by atoms with Crippen molar-refractivity contribution < 1.29 is 42.0 Å². The summed E-state index contributed by atoms with van der Waals surface area (Å²) in [5.41, 5.74) is 0.948. The molecule has 0 fully saturated rings. The molecule has 1 aromatic heterocycles. The lowest BCUT2D eigenvalue weighted by atomic mass is 10.0. The van der Waals surface area contributed by atoms with E-state index in [-0.39, 0.29) is 47.2 Å². The van der Waals surface area contributed by atoms with Gasteiger partial charge in [-0.1, -0.05) is 30.3 Å². The summed E-state index contributed by atoms with van der Waals surface area (Å²) in [6.45, 7) is -0.199. The van der Waals surface area contributed by atoms with Crippen molar-refractivity contribution in [2.24, 2.45) is 0 Å². The minimum atomic E-state index is -4.63. The van der Waals surface area contributed by atoms with Crippen LogP contribution in [0.15, 0.2) is 60.7 Å². The lowest BCUT2D eigenvalue weighted by Gasteiger charge is -2.16. The predicted molar refractivity (Wildman–Crippen MR) is 138 cm³/mol. The van der Waals surface area contributed by atoms with Crippen LogP contribution in [0.25, 0.3) is 17.1 Å². The zero-order valence-corrected chi connectivity index (χ0v) is 21.3. The Balaban J connectivity index is 1.56. The number of methoxy groups -OCH3 is 3. The van der Waals surface area contributed by atoms with Gasteiger partial charge in [-0.15, -0.1) is 0 Å². The number of nitrogens with zero attached hydrogens (tertiary/aromatic N) is 2. The summed E-state index contributed by atoms with van der Waals surface area (Å²) in [7, 11) is 4.09. The van der Waals surface area contributed by atoms with Crippen LogP contribution >= 0.6 is 0 Å². The van der Waals surface area contributed by atoms with Crippen molar-refractivity contribution in [1.29, 1.82) is 0 Å². The first-order valence-corrected chi connectivity index (χ1v) is 11.7.